The fourth-order valence-corrected chi connectivity index (χ4v) is 0.992. The fraction of sp³-hybridized carbons (Fsp3) is 0.800. The molecule has 0 unspecified atom stereocenters. The average molecular weight is 216 g/mol. The number of aliphatic carboxylic acids is 1. The van der Waals surface area contributed by atoms with E-state index in [0.717, 1.165) is 0 Å². The number of carbonyl (C=O) groups excluding carboxylic acids is 1. The Hall–Kier alpha value is -1.10. The lowest BCUT2D eigenvalue weighted by molar-refractivity contribution is -0.143. The highest BCUT2D eigenvalue weighted by molar-refractivity contribution is 5.87. The number of amides is 1. The number of hydrogen-bond acceptors (Lipinski definition) is 3. The molecule has 1 amide bonds. The Morgan fingerprint density at radius 2 is 2.00 bits per heavy atom. The molecule has 88 valence electrons. The Labute approximate surface area is 90.0 Å². The normalized spacial score (nSPS) is 13.3. The Bertz CT molecular complexity index is 239. The minimum Gasteiger partial charge on any atom is -0.480 e. The van der Waals surface area contributed by atoms with E-state index in [-0.39, 0.29) is 12.5 Å². The standard InChI is InChI=1S/C10H20N2O3/c1-4-5-7(8(13)14)12-9(15)10(2,3)6-11/h7H,4-6,11H2,1-3H3,(H,12,15)(H,13,14)/t7-/m0/s1. The van der Waals surface area contributed by atoms with E-state index in [1.54, 1.807) is 13.8 Å². The summed E-state index contributed by atoms with van der Waals surface area (Å²) in [4.78, 5) is 22.4. The van der Waals surface area contributed by atoms with Gasteiger partial charge in [-0.3, -0.25) is 4.79 Å². The van der Waals surface area contributed by atoms with Crippen molar-refractivity contribution in [1.82, 2.24) is 5.32 Å². The van der Waals surface area contributed by atoms with Crippen molar-refractivity contribution in [3.05, 3.63) is 0 Å². The van der Waals surface area contributed by atoms with Gasteiger partial charge in [0.2, 0.25) is 5.91 Å². The fourth-order valence-electron chi connectivity index (χ4n) is 0.992. The van der Waals surface area contributed by atoms with E-state index in [4.69, 9.17) is 10.8 Å². The molecule has 0 aromatic carbocycles. The van der Waals surface area contributed by atoms with Crippen LogP contribution in [0.3, 0.4) is 0 Å². The molecule has 4 N–H and O–H groups in total. The second-order valence-electron chi connectivity index (χ2n) is 4.24. The van der Waals surface area contributed by atoms with Gasteiger partial charge in [0.25, 0.3) is 0 Å². The Morgan fingerprint density at radius 1 is 1.47 bits per heavy atom. The highest BCUT2D eigenvalue weighted by atomic mass is 16.4. The molecule has 0 aliphatic rings. The summed E-state index contributed by atoms with van der Waals surface area (Å²) in [5.74, 6) is -1.32. The van der Waals surface area contributed by atoms with Gasteiger partial charge in [-0.1, -0.05) is 13.3 Å². The first-order valence-corrected chi connectivity index (χ1v) is 5.09. The van der Waals surface area contributed by atoms with Crippen LogP contribution in [0.15, 0.2) is 0 Å². The zero-order valence-electron chi connectivity index (χ0n) is 9.54. The summed E-state index contributed by atoms with van der Waals surface area (Å²) in [7, 11) is 0. The molecule has 0 saturated carbocycles. The second-order valence-corrected chi connectivity index (χ2v) is 4.24. The van der Waals surface area contributed by atoms with Gasteiger partial charge in [-0.15, -0.1) is 0 Å². The van der Waals surface area contributed by atoms with Gasteiger partial charge >= 0.3 is 5.97 Å². The molecule has 0 aliphatic heterocycles. The van der Waals surface area contributed by atoms with Crippen molar-refractivity contribution in [3.8, 4) is 0 Å². The first-order valence-electron chi connectivity index (χ1n) is 5.09. The summed E-state index contributed by atoms with van der Waals surface area (Å²) in [6.45, 7) is 5.44. The molecule has 5 heteroatoms. The van der Waals surface area contributed by atoms with Crippen molar-refractivity contribution in [2.75, 3.05) is 6.54 Å². The molecule has 0 fully saturated rings. The molecule has 5 nitrogen and oxygen atoms in total. The number of rotatable bonds is 6. The second kappa shape index (κ2) is 5.70. The summed E-state index contributed by atoms with van der Waals surface area (Å²) >= 11 is 0. The van der Waals surface area contributed by atoms with Crippen LogP contribution in [0.4, 0.5) is 0 Å². The van der Waals surface area contributed by atoms with Crippen LogP contribution < -0.4 is 11.1 Å². The maximum Gasteiger partial charge on any atom is 0.326 e. The van der Waals surface area contributed by atoms with E-state index in [1.807, 2.05) is 6.92 Å². The number of carbonyl (C=O) groups is 2. The van der Waals surface area contributed by atoms with Crippen molar-refractivity contribution < 1.29 is 14.7 Å². The largest absolute Gasteiger partial charge is 0.480 e. The maximum absolute atomic E-state index is 11.6. The highest BCUT2D eigenvalue weighted by Crippen LogP contribution is 2.13. The molecule has 0 bridgehead atoms. The van der Waals surface area contributed by atoms with E-state index in [9.17, 15) is 9.59 Å². The summed E-state index contributed by atoms with van der Waals surface area (Å²) in [5.41, 5.74) is 4.70. The minimum atomic E-state index is -1.00. The third-order valence-electron chi connectivity index (χ3n) is 2.31. The summed E-state index contributed by atoms with van der Waals surface area (Å²) in [6.07, 6.45) is 1.14. The lowest BCUT2D eigenvalue weighted by Crippen LogP contribution is -2.48. The first-order chi connectivity index (χ1) is 6.85. The van der Waals surface area contributed by atoms with Crippen molar-refractivity contribution in [2.45, 2.75) is 39.7 Å². The Balaban J connectivity index is 4.41. The molecule has 15 heavy (non-hydrogen) atoms. The van der Waals surface area contributed by atoms with Gasteiger partial charge in [0.15, 0.2) is 0 Å². The van der Waals surface area contributed by atoms with E-state index in [1.165, 1.54) is 0 Å². The maximum atomic E-state index is 11.6. The molecular weight excluding hydrogens is 196 g/mol. The average Bonchev–Trinajstić information content (AvgIpc) is 2.16. The Kier molecular flexibility index (Phi) is 5.28. The van der Waals surface area contributed by atoms with Crippen LogP contribution in [0.1, 0.15) is 33.6 Å². The summed E-state index contributed by atoms with van der Waals surface area (Å²) < 4.78 is 0. The molecule has 0 rings (SSSR count). The zero-order chi connectivity index (χ0) is 12.1. The summed E-state index contributed by atoms with van der Waals surface area (Å²) in [6, 6.07) is -0.812. The lowest BCUT2D eigenvalue weighted by Gasteiger charge is -2.24. The van der Waals surface area contributed by atoms with E-state index < -0.39 is 17.4 Å². The van der Waals surface area contributed by atoms with E-state index >= 15 is 0 Å². The molecule has 0 saturated heterocycles. The van der Waals surface area contributed by atoms with Crippen LogP contribution in [0.5, 0.6) is 0 Å². The number of hydrogen-bond donors (Lipinski definition) is 3. The zero-order valence-corrected chi connectivity index (χ0v) is 9.54. The lowest BCUT2D eigenvalue weighted by atomic mass is 9.92. The Morgan fingerprint density at radius 3 is 2.33 bits per heavy atom. The van der Waals surface area contributed by atoms with Crippen molar-refractivity contribution in [1.29, 1.82) is 0 Å². The van der Waals surface area contributed by atoms with Crippen molar-refractivity contribution >= 4 is 11.9 Å². The number of nitrogens with two attached hydrogens (primary N) is 1. The number of carboxylic acids is 1. The van der Waals surface area contributed by atoms with E-state index in [0.29, 0.717) is 12.8 Å². The van der Waals surface area contributed by atoms with Gasteiger partial charge in [-0.2, -0.15) is 0 Å². The van der Waals surface area contributed by atoms with E-state index in [2.05, 4.69) is 5.32 Å². The van der Waals surface area contributed by atoms with Crippen LogP contribution in [0.2, 0.25) is 0 Å². The van der Waals surface area contributed by atoms with Crippen LogP contribution >= 0.6 is 0 Å². The predicted molar refractivity (Wildman–Crippen MR) is 57.3 cm³/mol. The molecule has 0 heterocycles. The molecule has 0 aliphatic carbocycles. The number of carboxylic acid groups (broad SMARTS) is 1. The molecule has 0 spiro atoms. The van der Waals surface area contributed by atoms with Crippen LogP contribution in [-0.2, 0) is 9.59 Å². The predicted octanol–water partition coefficient (Wildman–Crippen LogP) is 0.341. The van der Waals surface area contributed by atoms with Gasteiger partial charge in [-0.05, 0) is 20.3 Å². The SMILES string of the molecule is CCC[C@H](NC(=O)C(C)(C)CN)C(=O)O. The smallest absolute Gasteiger partial charge is 0.326 e. The summed E-state index contributed by atoms with van der Waals surface area (Å²) in [5, 5.41) is 11.3. The van der Waals surface area contributed by atoms with Gasteiger partial charge < -0.3 is 16.2 Å². The van der Waals surface area contributed by atoms with Crippen molar-refractivity contribution in [2.24, 2.45) is 11.1 Å². The van der Waals surface area contributed by atoms with Gasteiger partial charge in [-0.25, -0.2) is 4.79 Å². The van der Waals surface area contributed by atoms with Gasteiger partial charge in [0, 0.05) is 6.54 Å². The van der Waals surface area contributed by atoms with Crippen LogP contribution in [0, 0.1) is 5.41 Å². The quantitative estimate of drug-likeness (QED) is 0.597. The number of nitrogens with one attached hydrogen (secondary N) is 1. The highest BCUT2D eigenvalue weighted by Gasteiger charge is 2.29. The molecule has 0 aromatic heterocycles. The third-order valence-corrected chi connectivity index (χ3v) is 2.31. The van der Waals surface area contributed by atoms with Crippen molar-refractivity contribution in [3.63, 3.8) is 0 Å². The molecular formula is C10H20N2O3. The van der Waals surface area contributed by atoms with Gasteiger partial charge in [0.1, 0.15) is 6.04 Å². The monoisotopic (exact) mass is 216 g/mol. The minimum absolute atomic E-state index is 0.192. The molecule has 1 atom stereocenters. The van der Waals surface area contributed by atoms with Gasteiger partial charge in [0.05, 0.1) is 5.41 Å². The molecule has 0 radical (unpaired) electrons. The van der Waals surface area contributed by atoms with Crippen LogP contribution in [0.25, 0.3) is 0 Å². The third kappa shape index (κ3) is 4.29. The topological polar surface area (TPSA) is 92.4 Å². The van der Waals surface area contributed by atoms with Crippen LogP contribution in [-0.4, -0.2) is 29.6 Å². The first kappa shape index (κ1) is 13.9. The molecule has 0 aromatic rings.